The fourth-order valence-electron chi connectivity index (χ4n) is 1.63. The van der Waals surface area contributed by atoms with Crippen LogP contribution < -0.4 is 4.74 Å². The number of aryl methyl sites for hydroxylation is 2. The molecule has 0 fully saturated rings. The van der Waals surface area contributed by atoms with Crippen LogP contribution in [0.1, 0.15) is 30.9 Å². The van der Waals surface area contributed by atoms with Crippen molar-refractivity contribution in [1.29, 1.82) is 0 Å². The number of benzene rings is 1. The molecule has 0 N–H and O–H groups in total. The molecule has 0 aliphatic rings. The van der Waals surface area contributed by atoms with Gasteiger partial charge in [-0.05, 0) is 38.3 Å². The molecule has 1 aromatic rings. The van der Waals surface area contributed by atoms with Crippen LogP contribution in [0.4, 0.5) is 0 Å². The van der Waals surface area contributed by atoms with Gasteiger partial charge in [0.05, 0.1) is 7.11 Å². The van der Waals surface area contributed by atoms with Gasteiger partial charge in [0.15, 0.2) is 0 Å². The smallest absolute Gasteiger partial charge is 0.129 e. The summed E-state index contributed by atoms with van der Waals surface area (Å²) in [6.07, 6.45) is 2.46. The first-order valence-electron chi connectivity index (χ1n) is 5.26. The van der Waals surface area contributed by atoms with Crippen molar-refractivity contribution in [3.8, 4) is 5.75 Å². The number of ketones is 1. The van der Waals surface area contributed by atoms with Gasteiger partial charge in [0.1, 0.15) is 11.5 Å². The average Bonchev–Trinajstić information content (AvgIpc) is 2.17. The molecule has 0 saturated heterocycles. The summed E-state index contributed by atoms with van der Waals surface area (Å²) in [6, 6.07) is 6.14. The fourth-order valence-corrected chi connectivity index (χ4v) is 1.63. The Hall–Kier alpha value is -1.31. The number of methoxy groups -OCH3 is 1. The number of hydrogen-bond acceptors (Lipinski definition) is 2. The van der Waals surface area contributed by atoms with E-state index in [1.807, 2.05) is 12.1 Å². The maximum atomic E-state index is 10.8. The zero-order chi connectivity index (χ0) is 11.3. The second kappa shape index (κ2) is 5.54. The molecule has 0 atom stereocenters. The highest BCUT2D eigenvalue weighted by Crippen LogP contribution is 2.21. The zero-order valence-electron chi connectivity index (χ0n) is 9.67. The molecule has 0 aliphatic heterocycles. The van der Waals surface area contributed by atoms with Gasteiger partial charge in [0.25, 0.3) is 0 Å². The number of carbonyl (C=O) groups excluding carboxylic acids is 1. The SMILES string of the molecule is COc1ccc(C)cc1CCCC(C)=O. The van der Waals surface area contributed by atoms with Crippen LogP contribution in [0.5, 0.6) is 5.75 Å². The van der Waals surface area contributed by atoms with Crippen molar-refractivity contribution in [2.45, 2.75) is 33.1 Å². The minimum absolute atomic E-state index is 0.251. The molecular weight excluding hydrogens is 188 g/mol. The molecule has 0 spiro atoms. The van der Waals surface area contributed by atoms with Crippen LogP contribution in [0.2, 0.25) is 0 Å². The minimum Gasteiger partial charge on any atom is -0.496 e. The van der Waals surface area contributed by atoms with Gasteiger partial charge in [-0.25, -0.2) is 0 Å². The molecule has 2 nitrogen and oxygen atoms in total. The van der Waals surface area contributed by atoms with Gasteiger partial charge >= 0.3 is 0 Å². The molecule has 0 radical (unpaired) electrons. The number of carbonyl (C=O) groups is 1. The molecular formula is C13H18O2. The van der Waals surface area contributed by atoms with Crippen molar-refractivity contribution >= 4 is 5.78 Å². The Morgan fingerprint density at radius 2 is 2.13 bits per heavy atom. The van der Waals surface area contributed by atoms with E-state index in [1.54, 1.807) is 14.0 Å². The highest BCUT2D eigenvalue weighted by atomic mass is 16.5. The molecule has 0 aromatic heterocycles. The molecule has 82 valence electrons. The quantitative estimate of drug-likeness (QED) is 0.740. The topological polar surface area (TPSA) is 26.3 Å². The molecule has 0 unspecified atom stereocenters. The predicted molar refractivity (Wildman–Crippen MR) is 61.4 cm³/mol. The van der Waals surface area contributed by atoms with E-state index < -0.39 is 0 Å². The van der Waals surface area contributed by atoms with Gasteiger partial charge in [-0.1, -0.05) is 17.7 Å². The standard InChI is InChI=1S/C13H18O2/c1-10-7-8-13(15-3)12(9-10)6-4-5-11(2)14/h7-9H,4-6H2,1-3H3. The van der Waals surface area contributed by atoms with Gasteiger partial charge in [-0.15, -0.1) is 0 Å². The summed E-state index contributed by atoms with van der Waals surface area (Å²) < 4.78 is 5.27. The summed E-state index contributed by atoms with van der Waals surface area (Å²) in [5.74, 6) is 1.17. The Morgan fingerprint density at radius 3 is 2.73 bits per heavy atom. The second-order valence-corrected chi connectivity index (χ2v) is 3.87. The van der Waals surface area contributed by atoms with E-state index in [-0.39, 0.29) is 5.78 Å². The van der Waals surface area contributed by atoms with Crippen LogP contribution in [-0.4, -0.2) is 12.9 Å². The lowest BCUT2D eigenvalue weighted by atomic mass is 10.0. The maximum Gasteiger partial charge on any atom is 0.129 e. The molecule has 0 heterocycles. The average molecular weight is 206 g/mol. The highest BCUT2D eigenvalue weighted by molar-refractivity contribution is 5.75. The van der Waals surface area contributed by atoms with E-state index >= 15 is 0 Å². The van der Waals surface area contributed by atoms with Crippen LogP contribution >= 0.6 is 0 Å². The number of rotatable bonds is 5. The Bertz CT molecular complexity index is 342. The van der Waals surface area contributed by atoms with Crippen molar-refractivity contribution in [2.24, 2.45) is 0 Å². The summed E-state index contributed by atoms with van der Waals surface area (Å²) in [6.45, 7) is 3.70. The Balaban J connectivity index is 2.65. The summed E-state index contributed by atoms with van der Waals surface area (Å²) in [5.41, 5.74) is 2.42. The van der Waals surface area contributed by atoms with Crippen LogP contribution in [0.3, 0.4) is 0 Å². The van der Waals surface area contributed by atoms with Crippen LogP contribution in [0, 0.1) is 6.92 Å². The first-order chi connectivity index (χ1) is 7.13. The molecule has 1 aromatic carbocycles. The largest absolute Gasteiger partial charge is 0.496 e. The third kappa shape index (κ3) is 3.74. The first-order valence-corrected chi connectivity index (χ1v) is 5.26. The maximum absolute atomic E-state index is 10.8. The van der Waals surface area contributed by atoms with E-state index in [9.17, 15) is 4.79 Å². The summed E-state index contributed by atoms with van der Waals surface area (Å²) in [4.78, 5) is 10.8. The molecule has 1 rings (SSSR count). The van der Waals surface area contributed by atoms with E-state index in [0.717, 1.165) is 18.6 Å². The van der Waals surface area contributed by atoms with E-state index in [1.165, 1.54) is 11.1 Å². The molecule has 15 heavy (non-hydrogen) atoms. The molecule has 0 aliphatic carbocycles. The predicted octanol–water partition coefficient (Wildman–Crippen LogP) is 2.92. The van der Waals surface area contributed by atoms with Crippen LogP contribution in [-0.2, 0) is 11.2 Å². The summed E-state index contributed by atoms with van der Waals surface area (Å²) >= 11 is 0. The van der Waals surface area contributed by atoms with Crippen molar-refractivity contribution < 1.29 is 9.53 Å². The van der Waals surface area contributed by atoms with E-state index in [0.29, 0.717) is 6.42 Å². The Labute approximate surface area is 91.3 Å². The molecule has 0 amide bonds. The van der Waals surface area contributed by atoms with Crippen molar-refractivity contribution in [2.75, 3.05) is 7.11 Å². The molecule has 0 saturated carbocycles. The van der Waals surface area contributed by atoms with Crippen LogP contribution in [0.25, 0.3) is 0 Å². The van der Waals surface area contributed by atoms with E-state index in [2.05, 4.69) is 13.0 Å². The third-order valence-electron chi connectivity index (χ3n) is 2.41. The Morgan fingerprint density at radius 1 is 1.40 bits per heavy atom. The van der Waals surface area contributed by atoms with Crippen LogP contribution in [0.15, 0.2) is 18.2 Å². The number of ether oxygens (including phenoxy) is 1. The summed E-state index contributed by atoms with van der Waals surface area (Å²) in [7, 11) is 1.68. The second-order valence-electron chi connectivity index (χ2n) is 3.87. The lowest BCUT2D eigenvalue weighted by Gasteiger charge is -2.08. The van der Waals surface area contributed by atoms with Gasteiger partial charge in [-0.3, -0.25) is 0 Å². The Kier molecular flexibility index (Phi) is 4.35. The van der Waals surface area contributed by atoms with Crippen molar-refractivity contribution in [1.82, 2.24) is 0 Å². The van der Waals surface area contributed by atoms with Gasteiger partial charge in [-0.2, -0.15) is 0 Å². The van der Waals surface area contributed by atoms with Gasteiger partial charge in [0, 0.05) is 6.42 Å². The van der Waals surface area contributed by atoms with Gasteiger partial charge in [0.2, 0.25) is 0 Å². The lowest BCUT2D eigenvalue weighted by Crippen LogP contribution is -1.96. The zero-order valence-corrected chi connectivity index (χ0v) is 9.67. The normalized spacial score (nSPS) is 10.1. The molecule has 2 heteroatoms. The third-order valence-corrected chi connectivity index (χ3v) is 2.41. The number of Topliss-reactive ketones (excluding diaryl/α,β-unsaturated/α-hetero) is 1. The monoisotopic (exact) mass is 206 g/mol. The summed E-state index contributed by atoms with van der Waals surface area (Å²) in [5, 5.41) is 0. The van der Waals surface area contributed by atoms with E-state index in [4.69, 9.17) is 4.74 Å². The molecule has 0 bridgehead atoms. The minimum atomic E-state index is 0.251. The number of hydrogen-bond donors (Lipinski definition) is 0. The lowest BCUT2D eigenvalue weighted by molar-refractivity contribution is -0.117. The first kappa shape index (κ1) is 11.8. The highest BCUT2D eigenvalue weighted by Gasteiger charge is 2.03. The van der Waals surface area contributed by atoms with Crippen molar-refractivity contribution in [3.05, 3.63) is 29.3 Å². The fraction of sp³-hybridized carbons (Fsp3) is 0.462. The van der Waals surface area contributed by atoms with Crippen molar-refractivity contribution in [3.63, 3.8) is 0 Å². The van der Waals surface area contributed by atoms with Gasteiger partial charge < -0.3 is 9.53 Å².